The smallest absolute Gasteiger partial charge is 0.132 e. The average molecular weight is 131 g/mol. The molecule has 0 aliphatic heterocycles. The Morgan fingerprint density at radius 2 is 2.00 bits per heavy atom. The SMILES string of the molecule is C[NH2+]C(C)(C)/C(C)=N/O. The molecule has 3 nitrogen and oxygen atoms in total. The van der Waals surface area contributed by atoms with E-state index in [0.29, 0.717) is 0 Å². The molecule has 0 bridgehead atoms. The summed E-state index contributed by atoms with van der Waals surface area (Å²) in [5, 5.41) is 13.5. The van der Waals surface area contributed by atoms with Crippen LogP contribution in [-0.2, 0) is 0 Å². The normalized spacial score (nSPS) is 14.0. The molecule has 0 aliphatic carbocycles. The van der Waals surface area contributed by atoms with Crippen molar-refractivity contribution in [1.82, 2.24) is 0 Å². The maximum Gasteiger partial charge on any atom is 0.132 e. The van der Waals surface area contributed by atoms with Crippen LogP contribution < -0.4 is 5.32 Å². The van der Waals surface area contributed by atoms with E-state index in [9.17, 15) is 0 Å². The molecule has 0 saturated heterocycles. The summed E-state index contributed by atoms with van der Waals surface area (Å²) in [5.74, 6) is 0. The molecule has 0 radical (unpaired) electrons. The fraction of sp³-hybridized carbons (Fsp3) is 0.833. The van der Waals surface area contributed by atoms with E-state index in [2.05, 4.69) is 5.16 Å². The molecule has 0 aliphatic rings. The topological polar surface area (TPSA) is 49.2 Å². The molecule has 3 heteroatoms. The Balaban J connectivity index is 4.14. The molecular formula is C6H15N2O+. The van der Waals surface area contributed by atoms with Crippen LogP contribution in [0.25, 0.3) is 0 Å². The maximum atomic E-state index is 8.37. The first-order valence-electron chi connectivity index (χ1n) is 3.04. The van der Waals surface area contributed by atoms with Crippen LogP contribution in [0.3, 0.4) is 0 Å². The van der Waals surface area contributed by atoms with Crippen molar-refractivity contribution in [1.29, 1.82) is 0 Å². The molecule has 54 valence electrons. The van der Waals surface area contributed by atoms with Crippen molar-refractivity contribution in [2.24, 2.45) is 5.16 Å². The first-order valence-corrected chi connectivity index (χ1v) is 3.04. The number of nitrogens with two attached hydrogens (primary N) is 1. The van der Waals surface area contributed by atoms with E-state index in [-0.39, 0.29) is 5.54 Å². The van der Waals surface area contributed by atoms with Crippen molar-refractivity contribution in [3.63, 3.8) is 0 Å². The third-order valence-corrected chi connectivity index (χ3v) is 1.80. The van der Waals surface area contributed by atoms with Gasteiger partial charge >= 0.3 is 0 Å². The minimum absolute atomic E-state index is 0.0747. The van der Waals surface area contributed by atoms with Gasteiger partial charge in [0.15, 0.2) is 0 Å². The molecule has 0 atom stereocenters. The number of hydrogen-bond acceptors (Lipinski definition) is 2. The van der Waals surface area contributed by atoms with E-state index < -0.39 is 0 Å². The molecular weight excluding hydrogens is 116 g/mol. The van der Waals surface area contributed by atoms with Crippen LogP contribution in [0.15, 0.2) is 5.16 Å². The fourth-order valence-electron chi connectivity index (χ4n) is 0.338. The summed E-state index contributed by atoms with van der Waals surface area (Å²) < 4.78 is 0. The maximum absolute atomic E-state index is 8.37. The molecule has 0 amide bonds. The Morgan fingerprint density at radius 3 is 2.11 bits per heavy atom. The Labute approximate surface area is 55.8 Å². The van der Waals surface area contributed by atoms with Crippen LogP contribution in [0.1, 0.15) is 20.8 Å². The minimum atomic E-state index is -0.0747. The first kappa shape index (κ1) is 8.43. The number of rotatable bonds is 2. The summed E-state index contributed by atoms with van der Waals surface area (Å²) in [7, 11) is 1.95. The quantitative estimate of drug-likeness (QED) is 0.304. The summed E-state index contributed by atoms with van der Waals surface area (Å²) in [6.07, 6.45) is 0. The van der Waals surface area contributed by atoms with E-state index in [1.165, 1.54) is 0 Å². The molecule has 9 heavy (non-hydrogen) atoms. The van der Waals surface area contributed by atoms with E-state index in [1.807, 2.05) is 26.2 Å². The van der Waals surface area contributed by atoms with Crippen LogP contribution in [0, 0.1) is 0 Å². The Hall–Kier alpha value is -0.570. The zero-order chi connectivity index (χ0) is 7.49. The van der Waals surface area contributed by atoms with E-state index in [4.69, 9.17) is 5.21 Å². The van der Waals surface area contributed by atoms with Gasteiger partial charge in [0.2, 0.25) is 0 Å². The third-order valence-electron chi connectivity index (χ3n) is 1.80. The largest absolute Gasteiger partial charge is 0.411 e. The van der Waals surface area contributed by atoms with Gasteiger partial charge in [0.05, 0.1) is 7.05 Å². The first-order chi connectivity index (χ1) is 4.04. The second kappa shape index (κ2) is 2.82. The van der Waals surface area contributed by atoms with Crippen molar-refractivity contribution in [2.75, 3.05) is 7.05 Å². The summed E-state index contributed by atoms with van der Waals surface area (Å²) in [6, 6.07) is 0. The molecule has 0 heterocycles. The van der Waals surface area contributed by atoms with Crippen LogP contribution in [0.5, 0.6) is 0 Å². The summed E-state index contributed by atoms with van der Waals surface area (Å²) in [4.78, 5) is 0. The van der Waals surface area contributed by atoms with Crippen molar-refractivity contribution in [2.45, 2.75) is 26.3 Å². The monoisotopic (exact) mass is 131 g/mol. The molecule has 0 aromatic rings. The number of oxime groups is 1. The van der Waals surface area contributed by atoms with Crippen molar-refractivity contribution in [3.8, 4) is 0 Å². The molecule has 0 spiro atoms. The van der Waals surface area contributed by atoms with Gasteiger partial charge in [0, 0.05) is 0 Å². The molecule has 0 fully saturated rings. The van der Waals surface area contributed by atoms with Crippen molar-refractivity contribution >= 4 is 5.71 Å². The molecule has 0 unspecified atom stereocenters. The van der Waals surface area contributed by atoms with Gasteiger partial charge in [-0.05, 0) is 20.8 Å². The predicted octanol–water partition coefficient (Wildman–Crippen LogP) is -0.192. The van der Waals surface area contributed by atoms with Crippen LogP contribution in [0.4, 0.5) is 0 Å². The lowest BCUT2D eigenvalue weighted by Gasteiger charge is -2.17. The van der Waals surface area contributed by atoms with E-state index in [1.54, 1.807) is 6.92 Å². The summed E-state index contributed by atoms with van der Waals surface area (Å²) in [6.45, 7) is 5.81. The van der Waals surface area contributed by atoms with Gasteiger partial charge in [-0.2, -0.15) is 0 Å². The van der Waals surface area contributed by atoms with Gasteiger partial charge < -0.3 is 10.5 Å². The lowest BCUT2D eigenvalue weighted by molar-refractivity contribution is -0.677. The Bertz CT molecular complexity index is 118. The lowest BCUT2D eigenvalue weighted by atomic mass is 10.0. The lowest BCUT2D eigenvalue weighted by Crippen LogP contribution is -2.93. The molecule has 0 saturated carbocycles. The van der Waals surface area contributed by atoms with Crippen LogP contribution in [0.2, 0.25) is 0 Å². The zero-order valence-electron chi connectivity index (χ0n) is 6.47. The van der Waals surface area contributed by atoms with Gasteiger partial charge in [0.1, 0.15) is 11.3 Å². The average Bonchev–Trinajstić information content (AvgIpc) is 1.86. The number of quaternary nitrogens is 1. The summed E-state index contributed by atoms with van der Waals surface area (Å²) in [5.41, 5.74) is 0.666. The van der Waals surface area contributed by atoms with Crippen molar-refractivity contribution in [3.05, 3.63) is 0 Å². The van der Waals surface area contributed by atoms with E-state index >= 15 is 0 Å². The van der Waals surface area contributed by atoms with Crippen LogP contribution in [-0.4, -0.2) is 23.5 Å². The third kappa shape index (κ3) is 2.01. The van der Waals surface area contributed by atoms with Crippen LogP contribution >= 0.6 is 0 Å². The minimum Gasteiger partial charge on any atom is -0.411 e. The second-order valence-corrected chi connectivity index (χ2v) is 2.70. The summed E-state index contributed by atoms with van der Waals surface area (Å²) >= 11 is 0. The van der Waals surface area contributed by atoms with Gasteiger partial charge in [-0.1, -0.05) is 5.16 Å². The molecule has 0 aromatic heterocycles. The molecule has 3 N–H and O–H groups in total. The van der Waals surface area contributed by atoms with Gasteiger partial charge in [-0.15, -0.1) is 0 Å². The van der Waals surface area contributed by atoms with Gasteiger partial charge in [-0.3, -0.25) is 0 Å². The molecule has 0 rings (SSSR count). The highest BCUT2D eigenvalue weighted by molar-refractivity contribution is 5.88. The van der Waals surface area contributed by atoms with Crippen molar-refractivity contribution < 1.29 is 10.5 Å². The highest BCUT2D eigenvalue weighted by atomic mass is 16.4. The predicted molar refractivity (Wildman–Crippen MR) is 36.8 cm³/mol. The number of hydrogen-bond donors (Lipinski definition) is 2. The Kier molecular flexibility index (Phi) is 2.65. The fourth-order valence-corrected chi connectivity index (χ4v) is 0.338. The zero-order valence-corrected chi connectivity index (χ0v) is 6.47. The van der Waals surface area contributed by atoms with Gasteiger partial charge in [0.25, 0.3) is 0 Å². The highest BCUT2D eigenvalue weighted by Gasteiger charge is 2.22. The molecule has 0 aromatic carbocycles. The standard InChI is InChI=1S/C6H14N2O/c1-5(8-9)6(2,3)7-4/h7,9H,1-4H3/p+1/b8-5+. The Morgan fingerprint density at radius 1 is 1.56 bits per heavy atom. The second-order valence-electron chi connectivity index (χ2n) is 2.70. The van der Waals surface area contributed by atoms with E-state index in [0.717, 1.165) is 5.71 Å². The number of nitrogens with zero attached hydrogens (tertiary/aromatic N) is 1. The highest BCUT2D eigenvalue weighted by Crippen LogP contribution is 1.96. The van der Waals surface area contributed by atoms with Gasteiger partial charge in [-0.25, -0.2) is 0 Å².